The number of nitrogens with one attached hydrogen (secondary N) is 1. The molecule has 0 saturated heterocycles. The van der Waals surface area contributed by atoms with Crippen LogP contribution < -0.4 is 5.32 Å². The van der Waals surface area contributed by atoms with Crippen molar-refractivity contribution in [1.29, 1.82) is 0 Å². The van der Waals surface area contributed by atoms with Crippen molar-refractivity contribution < 1.29 is 0 Å². The van der Waals surface area contributed by atoms with E-state index in [-0.39, 0.29) is 0 Å². The van der Waals surface area contributed by atoms with Gasteiger partial charge in [0.1, 0.15) is 0 Å². The molecule has 88 valence electrons. The predicted octanol–water partition coefficient (Wildman–Crippen LogP) is 3.79. The Bertz CT molecular complexity index is 467. The summed E-state index contributed by atoms with van der Waals surface area (Å²) in [5.41, 5.74) is 2.74. The maximum atomic E-state index is 3.40. The van der Waals surface area contributed by atoms with Gasteiger partial charge in [0.05, 0.1) is 0 Å². The standard InChI is InChI=1S/C15H16IN/c1-17-15(11-12-7-3-2-4-8-12)13-9-5-6-10-14(13)16/h2-10,15,17H,11H2,1H3. The van der Waals surface area contributed by atoms with Crippen molar-refractivity contribution in [1.82, 2.24) is 5.32 Å². The molecule has 1 N–H and O–H groups in total. The van der Waals surface area contributed by atoms with E-state index in [1.165, 1.54) is 14.7 Å². The maximum absolute atomic E-state index is 3.40. The van der Waals surface area contributed by atoms with Crippen LogP contribution in [0.4, 0.5) is 0 Å². The summed E-state index contributed by atoms with van der Waals surface area (Å²) in [6.07, 6.45) is 1.03. The van der Waals surface area contributed by atoms with Gasteiger partial charge in [-0.25, -0.2) is 0 Å². The van der Waals surface area contributed by atoms with Crippen LogP contribution >= 0.6 is 22.6 Å². The lowest BCUT2D eigenvalue weighted by Crippen LogP contribution is -2.19. The summed E-state index contributed by atoms with van der Waals surface area (Å²) in [6, 6.07) is 19.5. The minimum absolute atomic E-state index is 0.380. The van der Waals surface area contributed by atoms with E-state index in [1.54, 1.807) is 0 Å². The van der Waals surface area contributed by atoms with Crippen LogP contribution in [0.1, 0.15) is 17.2 Å². The van der Waals surface area contributed by atoms with Gasteiger partial charge < -0.3 is 5.32 Å². The molecule has 2 aromatic rings. The van der Waals surface area contributed by atoms with Crippen LogP contribution in [0.2, 0.25) is 0 Å². The Kier molecular flexibility index (Phi) is 4.57. The molecule has 0 spiro atoms. The Labute approximate surface area is 116 Å². The third-order valence-electron chi connectivity index (χ3n) is 2.91. The van der Waals surface area contributed by atoms with Crippen LogP contribution in [-0.2, 0) is 6.42 Å². The van der Waals surface area contributed by atoms with Gasteiger partial charge in [-0.15, -0.1) is 0 Å². The molecule has 0 saturated carbocycles. The van der Waals surface area contributed by atoms with Crippen molar-refractivity contribution in [3.8, 4) is 0 Å². The van der Waals surface area contributed by atoms with E-state index >= 15 is 0 Å². The summed E-state index contributed by atoms with van der Waals surface area (Å²) in [6.45, 7) is 0. The Morgan fingerprint density at radius 3 is 2.29 bits per heavy atom. The first-order valence-corrected chi connectivity index (χ1v) is 6.84. The van der Waals surface area contributed by atoms with Crippen molar-refractivity contribution in [2.45, 2.75) is 12.5 Å². The molecule has 1 atom stereocenters. The maximum Gasteiger partial charge on any atom is 0.0368 e. The number of benzene rings is 2. The monoisotopic (exact) mass is 337 g/mol. The van der Waals surface area contributed by atoms with E-state index in [4.69, 9.17) is 0 Å². The molecule has 1 unspecified atom stereocenters. The SMILES string of the molecule is CNC(Cc1ccccc1)c1ccccc1I. The average molecular weight is 337 g/mol. The molecule has 17 heavy (non-hydrogen) atoms. The second-order valence-electron chi connectivity index (χ2n) is 4.05. The highest BCUT2D eigenvalue weighted by molar-refractivity contribution is 14.1. The molecule has 2 heteroatoms. The lowest BCUT2D eigenvalue weighted by Gasteiger charge is -2.18. The van der Waals surface area contributed by atoms with Crippen molar-refractivity contribution in [3.63, 3.8) is 0 Å². The van der Waals surface area contributed by atoms with Gasteiger partial charge in [-0.2, -0.15) is 0 Å². The first-order valence-electron chi connectivity index (χ1n) is 5.77. The van der Waals surface area contributed by atoms with Crippen LogP contribution in [0, 0.1) is 3.57 Å². The lowest BCUT2D eigenvalue weighted by atomic mass is 9.99. The Morgan fingerprint density at radius 1 is 1.00 bits per heavy atom. The van der Waals surface area contributed by atoms with Crippen molar-refractivity contribution in [2.75, 3.05) is 7.05 Å². The first kappa shape index (κ1) is 12.6. The Morgan fingerprint density at radius 2 is 1.65 bits per heavy atom. The highest BCUT2D eigenvalue weighted by atomic mass is 127. The van der Waals surface area contributed by atoms with Gasteiger partial charge in [-0.05, 0) is 53.3 Å². The largest absolute Gasteiger partial charge is 0.313 e. The number of likely N-dealkylation sites (N-methyl/N-ethyl adjacent to an activating group) is 1. The molecule has 0 aliphatic heterocycles. The second kappa shape index (κ2) is 6.17. The van der Waals surface area contributed by atoms with E-state index in [2.05, 4.69) is 82.5 Å². The Hall–Kier alpha value is -0.870. The summed E-state index contributed by atoms with van der Waals surface area (Å²) in [4.78, 5) is 0. The minimum Gasteiger partial charge on any atom is -0.313 e. The van der Waals surface area contributed by atoms with E-state index in [1.807, 2.05) is 7.05 Å². The highest BCUT2D eigenvalue weighted by Gasteiger charge is 2.12. The van der Waals surface area contributed by atoms with Gasteiger partial charge in [-0.3, -0.25) is 0 Å². The molecule has 2 aromatic carbocycles. The zero-order valence-electron chi connectivity index (χ0n) is 9.86. The van der Waals surface area contributed by atoms with E-state index in [9.17, 15) is 0 Å². The van der Waals surface area contributed by atoms with Crippen LogP contribution in [0.15, 0.2) is 54.6 Å². The topological polar surface area (TPSA) is 12.0 Å². The summed E-state index contributed by atoms with van der Waals surface area (Å²) in [5, 5.41) is 3.40. The predicted molar refractivity (Wildman–Crippen MR) is 81.1 cm³/mol. The van der Waals surface area contributed by atoms with E-state index in [0.717, 1.165) is 6.42 Å². The van der Waals surface area contributed by atoms with E-state index in [0.29, 0.717) is 6.04 Å². The van der Waals surface area contributed by atoms with Crippen molar-refractivity contribution in [2.24, 2.45) is 0 Å². The van der Waals surface area contributed by atoms with Gasteiger partial charge in [0.25, 0.3) is 0 Å². The molecular weight excluding hydrogens is 321 g/mol. The van der Waals surface area contributed by atoms with Gasteiger partial charge in [0.2, 0.25) is 0 Å². The molecule has 0 bridgehead atoms. The van der Waals surface area contributed by atoms with Crippen LogP contribution in [0.25, 0.3) is 0 Å². The molecular formula is C15H16IN. The van der Waals surface area contributed by atoms with Gasteiger partial charge in [0.15, 0.2) is 0 Å². The smallest absolute Gasteiger partial charge is 0.0368 e. The van der Waals surface area contributed by atoms with Crippen LogP contribution in [0.3, 0.4) is 0 Å². The quantitative estimate of drug-likeness (QED) is 0.837. The summed E-state index contributed by atoms with van der Waals surface area (Å²) >= 11 is 2.40. The van der Waals surface area contributed by atoms with Gasteiger partial charge in [0, 0.05) is 9.61 Å². The van der Waals surface area contributed by atoms with Gasteiger partial charge in [-0.1, -0.05) is 48.5 Å². The fourth-order valence-electron chi connectivity index (χ4n) is 1.98. The fraction of sp³-hybridized carbons (Fsp3) is 0.200. The zero-order valence-corrected chi connectivity index (χ0v) is 12.0. The molecule has 2 rings (SSSR count). The Balaban J connectivity index is 2.21. The minimum atomic E-state index is 0.380. The normalized spacial score (nSPS) is 12.4. The zero-order chi connectivity index (χ0) is 12.1. The first-order chi connectivity index (χ1) is 8.31. The molecule has 0 aliphatic carbocycles. The third kappa shape index (κ3) is 3.30. The summed E-state index contributed by atoms with van der Waals surface area (Å²) < 4.78 is 1.32. The number of rotatable bonds is 4. The van der Waals surface area contributed by atoms with E-state index < -0.39 is 0 Å². The average Bonchev–Trinajstić information content (AvgIpc) is 2.38. The second-order valence-corrected chi connectivity index (χ2v) is 5.21. The molecule has 0 aromatic heterocycles. The van der Waals surface area contributed by atoms with Crippen molar-refractivity contribution >= 4 is 22.6 Å². The fourth-order valence-corrected chi connectivity index (χ4v) is 2.74. The molecule has 0 heterocycles. The van der Waals surface area contributed by atoms with Crippen LogP contribution in [-0.4, -0.2) is 7.05 Å². The molecule has 0 fully saturated rings. The number of halogens is 1. The molecule has 0 aliphatic rings. The summed E-state index contributed by atoms with van der Waals surface area (Å²) in [5.74, 6) is 0. The number of hydrogen-bond donors (Lipinski definition) is 1. The number of hydrogen-bond acceptors (Lipinski definition) is 1. The molecule has 0 amide bonds. The molecule has 1 nitrogen and oxygen atoms in total. The lowest BCUT2D eigenvalue weighted by molar-refractivity contribution is 0.589. The third-order valence-corrected chi connectivity index (χ3v) is 3.89. The van der Waals surface area contributed by atoms with Crippen molar-refractivity contribution in [3.05, 3.63) is 69.3 Å². The van der Waals surface area contributed by atoms with Gasteiger partial charge >= 0.3 is 0 Å². The highest BCUT2D eigenvalue weighted by Crippen LogP contribution is 2.22. The van der Waals surface area contributed by atoms with Crippen LogP contribution in [0.5, 0.6) is 0 Å². The molecule has 0 radical (unpaired) electrons. The summed E-state index contributed by atoms with van der Waals surface area (Å²) in [7, 11) is 2.02.